The van der Waals surface area contributed by atoms with Crippen LogP contribution in [-0.2, 0) is 17.5 Å². The largest absolute Gasteiger partial charge is 0.418 e. The highest BCUT2D eigenvalue weighted by molar-refractivity contribution is 6.00. The Morgan fingerprint density at radius 1 is 1.08 bits per heavy atom. The molecule has 1 saturated carbocycles. The molecule has 0 bridgehead atoms. The zero-order valence-corrected chi connectivity index (χ0v) is 20.7. The first kappa shape index (κ1) is 26.1. The van der Waals surface area contributed by atoms with Gasteiger partial charge in [0.2, 0.25) is 5.91 Å². The summed E-state index contributed by atoms with van der Waals surface area (Å²) in [5.74, 6) is 0.156. The number of nitrogens with one attached hydrogen (secondary N) is 2. The predicted octanol–water partition coefficient (Wildman–Crippen LogP) is 4.68. The van der Waals surface area contributed by atoms with Crippen molar-refractivity contribution in [3.63, 3.8) is 0 Å². The Kier molecular flexibility index (Phi) is 7.15. The van der Waals surface area contributed by atoms with Crippen LogP contribution >= 0.6 is 0 Å². The van der Waals surface area contributed by atoms with E-state index in [2.05, 4.69) is 25.8 Å². The van der Waals surface area contributed by atoms with Crippen LogP contribution in [-0.4, -0.2) is 41.0 Å². The van der Waals surface area contributed by atoms with E-state index < -0.39 is 17.2 Å². The van der Waals surface area contributed by atoms with E-state index in [0.29, 0.717) is 41.2 Å². The molecule has 1 aromatic carbocycles. The van der Waals surface area contributed by atoms with Gasteiger partial charge in [-0.05, 0) is 50.1 Å². The van der Waals surface area contributed by atoms with E-state index in [4.69, 9.17) is 0 Å². The zero-order valence-electron chi connectivity index (χ0n) is 20.7. The number of hydrogen-bond donors (Lipinski definition) is 2. The number of rotatable bonds is 9. The standard InChI is InChI=1S/C26H27F3N6O2/c1-16-4-7-21(20(10-16)26(27,28)29)33-19-6-5-18(30-15-19)14-31-24(37)25(8-9-25)12-22(36)17-11-23(35(2)3)34-32-13-17/h4-7,10-11,13,15,33H,8-9,12,14H2,1-3H3,(H,31,37). The van der Waals surface area contributed by atoms with Crippen LogP contribution in [0.2, 0.25) is 0 Å². The number of Topliss-reactive ketones (excluding diaryl/α,β-unsaturated/α-hetero) is 1. The highest BCUT2D eigenvalue weighted by Crippen LogP contribution is 2.49. The molecule has 0 atom stereocenters. The molecule has 0 spiro atoms. The van der Waals surface area contributed by atoms with Gasteiger partial charge in [-0.25, -0.2) is 0 Å². The van der Waals surface area contributed by atoms with Gasteiger partial charge in [-0.15, -0.1) is 5.10 Å². The predicted molar refractivity (Wildman–Crippen MR) is 133 cm³/mol. The Balaban J connectivity index is 1.35. The van der Waals surface area contributed by atoms with E-state index in [9.17, 15) is 22.8 Å². The van der Waals surface area contributed by atoms with Gasteiger partial charge in [-0.3, -0.25) is 14.6 Å². The van der Waals surface area contributed by atoms with Crippen LogP contribution in [0.5, 0.6) is 0 Å². The molecule has 0 unspecified atom stereocenters. The number of alkyl halides is 3. The fourth-order valence-electron chi connectivity index (χ4n) is 3.89. The number of hydrogen-bond acceptors (Lipinski definition) is 7. The number of carbonyl (C=O) groups excluding carboxylic acids is 2. The van der Waals surface area contributed by atoms with E-state index >= 15 is 0 Å². The second kappa shape index (κ2) is 10.2. The Morgan fingerprint density at radius 3 is 2.46 bits per heavy atom. The van der Waals surface area contributed by atoms with Gasteiger partial charge in [-0.2, -0.15) is 18.3 Å². The molecule has 1 amide bonds. The van der Waals surface area contributed by atoms with E-state index in [1.165, 1.54) is 18.5 Å². The van der Waals surface area contributed by atoms with Crippen LogP contribution in [0.1, 0.15) is 46.4 Å². The molecule has 0 radical (unpaired) electrons. The van der Waals surface area contributed by atoms with Gasteiger partial charge in [0, 0.05) is 26.1 Å². The van der Waals surface area contributed by atoms with Crippen molar-refractivity contribution in [2.75, 3.05) is 24.3 Å². The fraction of sp³-hybridized carbons (Fsp3) is 0.346. The van der Waals surface area contributed by atoms with Crippen LogP contribution in [0.15, 0.2) is 48.8 Å². The Labute approximate surface area is 212 Å². The van der Waals surface area contributed by atoms with Crippen LogP contribution in [0.4, 0.5) is 30.4 Å². The highest BCUT2D eigenvalue weighted by Gasteiger charge is 2.51. The van der Waals surface area contributed by atoms with E-state index in [1.807, 2.05) is 0 Å². The third-order valence-electron chi connectivity index (χ3n) is 6.27. The van der Waals surface area contributed by atoms with Crippen molar-refractivity contribution >= 4 is 28.9 Å². The topological polar surface area (TPSA) is 100 Å². The first-order chi connectivity index (χ1) is 17.5. The van der Waals surface area contributed by atoms with E-state index in [-0.39, 0.29) is 30.3 Å². The minimum atomic E-state index is -4.49. The van der Waals surface area contributed by atoms with Gasteiger partial charge < -0.3 is 15.5 Å². The summed E-state index contributed by atoms with van der Waals surface area (Å²) >= 11 is 0. The summed E-state index contributed by atoms with van der Waals surface area (Å²) in [4.78, 5) is 31.6. The van der Waals surface area contributed by atoms with Crippen LogP contribution < -0.4 is 15.5 Å². The second-order valence-corrected chi connectivity index (χ2v) is 9.47. The molecular weight excluding hydrogens is 485 g/mol. The summed E-state index contributed by atoms with van der Waals surface area (Å²) < 4.78 is 40.1. The van der Waals surface area contributed by atoms with Gasteiger partial charge in [0.15, 0.2) is 11.6 Å². The Morgan fingerprint density at radius 2 is 1.84 bits per heavy atom. The second-order valence-electron chi connectivity index (χ2n) is 9.47. The smallest absolute Gasteiger partial charge is 0.361 e. The number of benzene rings is 1. The maximum Gasteiger partial charge on any atom is 0.418 e. The number of anilines is 3. The summed E-state index contributed by atoms with van der Waals surface area (Å²) in [5, 5.41) is 13.4. The summed E-state index contributed by atoms with van der Waals surface area (Å²) in [6.07, 6.45) is -0.385. The number of pyridine rings is 1. The molecule has 2 N–H and O–H groups in total. The number of aromatic nitrogens is 3. The Bertz CT molecular complexity index is 1300. The lowest BCUT2D eigenvalue weighted by molar-refractivity contribution is -0.137. The molecule has 0 aliphatic heterocycles. The van der Waals surface area contributed by atoms with Crippen LogP contribution in [0.3, 0.4) is 0 Å². The van der Waals surface area contributed by atoms with Crippen molar-refractivity contribution in [2.24, 2.45) is 5.41 Å². The quantitative estimate of drug-likeness (QED) is 0.402. The molecule has 2 aromatic heterocycles. The summed E-state index contributed by atoms with van der Waals surface area (Å²) in [5.41, 5.74) is 0.265. The molecule has 2 heterocycles. The van der Waals surface area contributed by atoms with Gasteiger partial charge in [-0.1, -0.05) is 11.6 Å². The molecule has 0 saturated heterocycles. The number of halogens is 3. The average Bonchev–Trinajstić information content (AvgIpc) is 3.64. The maximum absolute atomic E-state index is 13.4. The molecule has 37 heavy (non-hydrogen) atoms. The number of aryl methyl sites for hydroxylation is 1. The minimum Gasteiger partial charge on any atom is -0.361 e. The molecule has 194 valence electrons. The molecule has 1 fully saturated rings. The average molecular weight is 513 g/mol. The van der Waals surface area contributed by atoms with Crippen molar-refractivity contribution in [3.05, 3.63) is 71.2 Å². The van der Waals surface area contributed by atoms with Gasteiger partial charge >= 0.3 is 6.18 Å². The SMILES string of the molecule is Cc1ccc(Nc2ccc(CNC(=O)C3(CC(=O)c4cnnc(N(C)C)c4)CC3)nc2)c(C(F)(F)F)c1. The molecule has 8 nitrogen and oxygen atoms in total. The number of nitrogens with zero attached hydrogens (tertiary/aromatic N) is 4. The summed E-state index contributed by atoms with van der Waals surface area (Å²) in [7, 11) is 3.60. The number of carbonyl (C=O) groups is 2. The van der Waals surface area contributed by atoms with Crippen molar-refractivity contribution in [1.29, 1.82) is 0 Å². The first-order valence-corrected chi connectivity index (χ1v) is 11.7. The van der Waals surface area contributed by atoms with E-state index in [0.717, 1.165) is 6.07 Å². The number of ketones is 1. The van der Waals surface area contributed by atoms with E-state index in [1.54, 1.807) is 50.2 Å². The van der Waals surface area contributed by atoms with Crippen LogP contribution in [0.25, 0.3) is 0 Å². The maximum atomic E-state index is 13.4. The monoisotopic (exact) mass is 512 g/mol. The van der Waals surface area contributed by atoms with Gasteiger partial charge in [0.05, 0.1) is 47.0 Å². The third kappa shape index (κ3) is 6.22. The zero-order chi connectivity index (χ0) is 26.8. The first-order valence-electron chi connectivity index (χ1n) is 11.7. The number of amides is 1. The minimum absolute atomic E-state index is 0.0663. The molecule has 4 rings (SSSR count). The van der Waals surface area contributed by atoms with Crippen molar-refractivity contribution in [2.45, 2.75) is 38.9 Å². The Hall–Kier alpha value is -4.02. The summed E-state index contributed by atoms with van der Waals surface area (Å²) in [6, 6.07) is 8.94. The van der Waals surface area contributed by atoms with Crippen molar-refractivity contribution in [1.82, 2.24) is 20.5 Å². The van der Waals surface area contributed by atoms with Crippen molar-refractivity contribution in [3.8, 4) is 0 Å². The van der Waals surface area contributed by atoms with Crippen molar-refractivity contribution < 1.29 is 22.8 Å². The third-order valence-corrected chi connectivity index (χ3v) is 6.27. The van der Waals surface area contributed by atoms with Gasteiger partial charge in [0.25, 0.3) is 0 Å². The summed E-state index contributed by atoms with van der Waals surface area (Å²) in [6.45, 7) is 1.73. The molecule has 1 aliphatic carbocycles. The molecule has 1 aliphatic rings. The lowest BCUT2D eigenvalue weighted by Gasteiger charge is -2.16. The molecule has 11 heteroatoms. The lowest BCUT2D eigenvalue weighted by Crippen LogP contribution is -2.33. The lowest BCUT2D eigenvalue weighted by atomic mass is 9.95. The molecule has 3 aromatic rings. The highest BCUT2D eigenvalue weighted by atomic mass is 19.4. The van der Waals surface area contributed by atoms with Gasteiger partial charge in [0.1, 0.15) is 0 Å². The fourth-order valence-corrected chi connectivity index (χ4v) is 3.89. The molecular formula is C26H27F3N6O2. The van der Waals surface area contributed by atoms with Crippen LogP contribution in [0, 0.1) is 12.3 Å². The normalized spacial score (nSPS) is 14.1.